The molecule has 1 N–H and O–H groups in total. The number of nitrogens with zero attached hydrogens (tertiary/aromatic N) is 1. The van der Waals surface area contributed by atoms with Crippen molar-refractivity contribution in [1.82, 2.24) is 10.3 Å². The fourth-order valence-electron chi connectivity index (χ4n) is 4.13. The van der Waals surface area contributed by atoms with Crippen molar-refractivity contribution in [2.45, 2.75) is 52.4 Å². The van der Waals surface area contributed by atoms with E-state index in [1.165, 1.54) is 26.3 Å². The summed E-state index contributed by atoms with van der Waals surface area (Å²) in [4.78, 5) is 79.7. The molecule has 0 saturated carbocycles. The minimum atomic E-state index is -1.52. The zero-order valence-corrected chi connectivity index (χ0v) is 24.9. The van der Waals surface area contributed by atoms with Crippen LogP contribution in [0.5, 0.6) is 11.5 Å². The summed E-state index contributed by atoms with van der Waals surface area (Å²) in [5.74, 6) is -7.17. The Labute approximate surface area is 253 Å². The Kier molecular flexibility index (Phi) is 11.8. The van der Waals surface area contributed by atoms with Gasteiger partial charge in [-0.1, -0.05) is 44.2 Å². The highest BCUT2D eigenvalue weighted by molar-refractivity contribution is 5.99. The number of hydrogen-bond donors (Lipinski definition) is 1. The molecule has 44 heavy (non-hydrogen) atoms. The second-order valence-corrected chi connectivity index (χ2v) is 10.1. The Hall–Kier alpha value is -5.01. The number of ether oxygens (including phenoxy) is 6. The maximum absolute atomic E-state index is 13.4. The molecule has 1 aliphatic heterocycles. The Bertz CT molecular complexity index is 1380. The van der Waals surface area contributed by atoms with Crippen molar-refractivity contribution in [1.29, 1.82) is 0 Å². The van der Waals surface area contributed by atoms with E-state index in [0.29, 0.717) is 0 Å². The van der Waals surface area contributed by atoms with E-state index in [1.807, 2.05) is 6.07 Å². The summed E-state index contributed by atoms with van der Waals surface area (Å²) in [6.07, 6.45) is -0.997. The molecule has 1 aromatic carbocycles. The number of aromatic nitrogens is 1. The van der Waals surface area contributed by atoms with Crippen LogP contribution in [-0.2, 0) is 49.3 Å². The van der Waals surface area contributed by atoms with E-state index in [4.69, 9.17) is 23.7 Å². The lowest BCUT2D eigenvalue weighted by atomic mass is 9.91. The Morgan fingerprint density at radius 3 is 2.41 bits per heavy atom. The van der Waals surface area contributed by atoms with Crippen molar-refractivity contribution in [3.63, 3.8) is 0 Å². The number of benzene rings is 1. The van der Waals surface area contributed by atoms with Crippen LogP contribution in [0.3, 0.4) is 0 Å². The number of amides is 1. The van der Waals surface area contributed by atoms with Gasteiger partial charge in [-0.3, -0.25) is 19.2 Å². The summed E-state index contributed by atoms with van der Waals surface area (Å²) in [7, 11) is 1.26. The van der Waals surface area contributed by atoms with Crippen LogP contribution in [0, 0.1) is 11.8 Å². The van der Waals surface area contributed by atoms with Gasteiger partial charge in [0.1, 0.15) is 18.6 Å². The number of rotatable bonds is 10. The van der Waals surface area contributed by atoms with Crippen LogP contribution in [-0.4, -0.2) is 79.3 Å². The number of esters is 5. The van der Waals surface area contributed by atoms with Gasteiger partial charge in [-0.25, -0.2) is 14.6 Å². The van der Waals surface area contributed by atoms with Crippen LogP contribution in [0.15, 0.2) is 42.6 Å². The third kappa shape index (κ3) is 8.99. The molecule has 0 radical (unpaired) electrons. The van der Waals surface area contributed by atoms with Gasteiger partial charge in [0, 0.05) is 19.2 Å². The first-order valence-corrected chi connectivity index (χ1v) is 13.7. The quantitative estimate of drug-likeness (QED) is 0.301. The maximum atomic E-state index is 13.4. The van der Waals surface area contributed by atoms with Crippen LogP contribution < -0.4 is 14.8 Å². The highest BCUT2D eigenvalue weighted by Gasteiger charge is 2.42. The maximum Gasteiger partial charge on any atom is 0.349 e. The predicted molar refractivity (Wildman–Crippen MR) is 149 cm³/mol. The lowest BCUT2D eigenvalue weighted by molar-refractivity contribution is -0.176. The van der Waals surface area contributed by atoms with Crippen molar-refractivity contribution in [2.75, 3.05) is 20.3 Å². The number of pyridine rings is 1. The Morgan fingerprint density at radius 1 is 1.07 bits per heavy atom. The number of methoxy groups -OCH3 is 1. The summed E-state index contributed by atoms with van der Waals surface area (Å²) in [6, 6.07) is 8.75. The molecule has 0 bridgehead atoms. The summed E-state index contributed by atoms with van der Waals surface area (Å²) >= 11 is 0. The van der Waals surface area contributed by atoms with Crippen LogP contribution in [0.25, 0.3) is 0 Å². The lowest BCUT2D eigenvalue weighted by Crippen LogP contribution is -2.47. The average Bonchev–Trinajstić information content (AvgIpc) is 3.02. The lowest BCUT2D eigenvalue weighted by Gasteiger charge is -2.29. The zero-order valence-electron chi connectivity index (χ0n) is 24.9. The highest BCUT2D eigenvalue weighted by Crippen LogP contribution is 2.30. The molecule has 1 aliphatic rings. The van der Waals surface area contributed by atoms with Gasteiger partial charge < -0.3 is 33.7 Å². The number of cyclic esters (lactones) is 2. The number of carbonyl (C=O) groups is 6. The Morgan fingerprint density at radius 2 is 1.77 bits per heavy atom. The van der Waals surface area contributed by atoms with E-state index < -0.39 is 90.5 Å². The molecule has 0 aliphatic carbocycles. The van der Waals surface area contributed by atoms with E-state index in [2.05, 4.69) is 15.0 Å². The van der Waals surface area contributed by atoms with Gasteiger partial charge in [0.15, 0.2) is 30.2 Å². The van der Waals surface area contributed by atoms with Crippen LogP contribution in [0.4, 0.5) is 0 Å². The predicted octanol–water partition coefficient (Wildman–Crippen LogP) is 1.57. The molecule has 2 heterocycles. The van der Waals surface area contributed by atoms with E-state index >= 15 is 0 Å². The molecular formula is C30H34N2O12. The average molecular weight is 615 g/mol. The molecule has 1 saturated heterocycles. The van der Waals surface area contributed by atoms with Gasteiger partial charge >= 0.3 is 29.8 Å². The molecule has 1 amide bonds. The second-order valence-electron chi connectivity index (χ2n) is 10.1. The molecule has 14 nitrogen and oxygen atoms in total. The van der Waals surface area contributed by atoms with Gasteiger partial charge in [-0.2, -0.15) is 0 Å². The highest BCUT2D eigenvalue weighted by atomic mass is 16.6. The first-order valence-electron chi connectivity index (χ1n) is 13.7. The van der Waals surface area contributed by atoms with Crippen LogP contribution in [0.1, 0.15) is 43.7 Å². The zero-order chi connectivity index (χ0) is 32.4. The van der Waals surface area contributed by atoms with Gasteiger partial charge in [0.25, 0.3) is 5.91 Å². The third-order valence-corrected chi connectivity index (χ3v) is 6.38. The first kappa shape index (κ1) is 33.5. The minimum absolute atomic E-state index is 0.0584. The molecule has 236 valence electrons. The smallest absolute Gasteiger partial charge is 0.349 e. The summed E-state index contributed by atoms with van der Waals surface area (Å²) < 4.78 is 31.7. The number of hydrogen-bond acceptors (Lipinski definition) is 13. The van der Waals surface area contributed by atoms with Crippen molar-refractivity contribution < 1.29 is 57.2 Å². The second kappa shape index (κ2) is 15.5. The van der Waals surface area contributed by atoms with Crippen molar-refractivity contribution >= 4 is 35.8 Å². The molecule has 14 heteroatoms. The number of carbonyl (C=O) groups excluding carboxylic acids is 6. The number of nitrogens with one attached hydrogen (secondary N) is 1. The fraction of sp³-hybridized carbons (Fsp3) is 0.433. The van der Waals surface area contributed by atoms with Gasteiger partial charge in [0.2, 0.25) is 5.75 Å². The standard InChI is InChI=1S/C30H34N2O12/c1-16(2)28(36)44-25-17(3)42-30(38)21(14-41-29(37)20(25)13-19-9-7-6-8-10-19)32-27(35)24-26(22(39-5)11-12-31-24)43-23(34)15-40-18(4)33/h6-12,16-17,20-21,25H,13-15H2,1-5H3,(H,32,35). The van der Waals surface area contributed by atoms with Crippen molar-refractivity contribution in [2.24, 2.45) is 11.8 Å². The molecule has 2 aromatic rings. The normalized spacial score (nSPS) is 20.1. The van der Waals surface area contributed by atoms with E-state index in [1.54, 1.807) is 38.1 Å². The molecule has 3 rings (SSSR count). The van der Waals surface area contributed by atoms with E-state index in [9.17, 15) is 28.8 Å². The largest absolute Gasteiger partial charge is 0.493 e. The van der Waals surface area contributed by atoms with Gasteiger partial charge in [0.05, 0.1) is 13.0 Å². The molecule has 1 fully saturated rings. The third-order valence-electron chi connectivity index (χ3n) is 6.38. The molecule has 0 spiro atoms. The van der Waals surface area contributed by atoms with E-state index in [0.717, 1.165) is 12.5 Å². The topological polar surface area (TPSA) is 183 Å². The molecular weight excluding hydrogens is 580 g/mol. The Balaban J connectivity index is 1.87. The summed E-state index contributed by atoms with van der Waals surface area (Å²) in [5.41, 5.74) is 0.292. The molecule has 4 atom stereocenters. The van der Waals surface area contributed by atoms with Crippen LogP contribution in [0.2, 0.25) is 0 Å². The van der Waals surface area contributed by atoms with Crippen molar-refractivity contribution in [3.8, 4) is 11.5 Å². The summed E-state index contributed by atoms with van der Waals surface area (Å²) in [5, 5.41) is 2.38. The summed E-state index contributed by atoms with van der Waals surface area (Å²) in [6.45, 7) is 4.44. The minimum Gasteiger partial charge on any atom is -0.493 e. The monoisotopic (exact) mass is 614 g/mol. The van der Waals surface area contributed by atoms with Crippen LogP contribution >= 0.6 is 0 Å². The fourth-order valence-corrected chi connectivity index (χ4v) is 4.13. The first-order chi connectivity index (χ1) is 20.9. The van der Waals surface area contributed by atoms with Gasteiger partial charge in [-0.15, -0.1) is 0 Å². The molecule has 4 unspecified atom stereocenters. The van der Waals surface area contributed by atoms with E-state index in [-0.39, 0.29) is 12.2 Å². The SMILES string of the molecule is COc1ccnc(C(=O)NC2COC(=O)C(Cc3ccccc3)C(OC(=O)C(C)C)C(C)OC2=O)c1OC(=O)COC(C)=O. The van der Waals surface area contributed by atoms with Gasteiger partial charge in [-0.05, 0) is 18.9 Å². The molecule has 1 aromatic heterocycles. The van der Waals surface area contributed by atoms with Crippen molar-refractivity contribution in [3.05, 3.63) is 53.9 Å².